The molecule has 2 heterocycles. The fourth-order valence-electron chi connectivity index (χ4n) is 4.51. The van der Waals surface area contributed by atoms with Gasteiger partial charge in [-0.25, -0.2) is 4.79 Å². The van der Waals surface area contributed by atoms with Crippen LogP contribution < -0.4 is 5.73 Å². The van der Waals surface area contributed by atoms with Crippen molar-refractivity contribution in [2.45, 2.75) is 43.7 Å². The zero-order chi connectivity index (χ0) is 19.9. The second-order valence-corrected chi connectivity index (χ2v) is 7.96. The minimum Gasteiger partial charge on any atom is -0.475 e. The molecule has 0 unspecified atom stereocenters. The SMILES string of the molecule is NCC1(c2cccc(Cl)c2)CCC(N2CCn3c(C(=O)O)nnc3C2=O)CC1. The Labute approximate surface area is 167 Å². The van der Waals surface area contributed by atoms with Gasteiger partial charge >= 0.3 is 5.97 Å². The van der Waals surface area contributed by atoms with Gasteiger partial charge in [-0.1, -0.05) is 23.7 Å². The van der Waals surface area contributed by atoms with Crippen molar-refractivity contribution in [3.8, 4) is 0 Å². The number of nitrogens with zero attached hydrogens (tertiary/aromatic N) is 4. The van der Waals surface area contributed by atoms with Gasteiger partial charge in [-0.05, 0) is 43.4 Å². The van der Waals surface area contributed by atoms with Gasteiger partial charge in [-0.15, -0.1) is 10.2 Å². The molecule has 1 aromatic carbocycles. The van der Waals surface area contributed by atoms with Gasteiger partial charge in [0.25, 0.3) is 5.91 Å². The van der Waals surface area contributed by atoms with Crippen LogP contribution in [0.15, 0.2) is 24.3 Å². The molecule has 28 heavy (non-hydrogen) atoms. The molecule has 1 fully saturated rings. The highest BCUT2D eigenvalue weighted by atomic mass is 35.5. The highest BCUT2D eigenvalue weighted by Gasteiger charge is 2.41. The van der Waals surface area contributed by atoms with Crippen LogP contribution in [-0.2, 0) is 12.0 Å². The molecule has 4 rings (SSSR count). The zero-order valence-electron chi connectivity index (χ0n) is 15.3. The summed E-state index contributed by atoms with van der Waals surface area (Å²) in [4.78, 5) is 25.9. The van der Waals surface area contributed by atoms with Crippen LogP contribution in [-0.4, -0.2) is 55.8 Å². The molecule has 9 heteroatoms. The van der Waals surface area contributed by atoms with Crippen LogP contribution in [0.3, 0.4) is 0 Å². The van der Waals surface area contributed by atoms with Gasteiger partial charge in [0.15, 0.2) is 0 Å². The van der Waals surface area contributed by atoms with E-state index >= 15 is 0 Å². The molecule has 0 saturated heterocycles. The number of aromatic nitrogens is 3. The predicted octanol–water partition coefficient (Wildman–Crippen LogP) is 1.92. The van der Waals surface area contributed by atoms with Crippen molar-refractivity contribution in [2.24, 2.45) is 5.73 Å². The maximum absolute atomic E-state index is 12.9. The molecule has 0 bridgehead atoms. The molecule has 1 amide bonds. The lowest BCUT2D eigenvalue weighted by atomic mass is 9.68. The van der Waals surface area contributed by atoms with Crippen LogP contribution in [0.5, 0.6) is 0 Å². The Morgan fingerprint density at radius 3 is 2.68 bits per heavy atom. The largest absolute Gasteiger partial charge is 0.475 e. The Morgan fingerprint density at radius 1 is 1.29 bits per heavy atom. The number of fused-ring (bicyclic) bond motifs is 1. The first kappa shape index (κ1) is 18.9. The van der Waals surface area contributed by atoms with E-state index in [2.05, 4.69) is 16.3 Å². The Morgan fingerprint density at radius 2 is 2.04 bits per heavy atom. The maximum atomic E-state index is 12.9. The molecule has 3 N–H and O–H groups in total. The van der Waals surface area contributed by atoms with E-state index in [1.165, 1.54) is 4.57 Å². The van der Waals surface area contributed by atoms with E-state index in [9.17, 15) is 14.7 Å². The summed E-state index contributed by atoms with van der Waals surface area (Å²) in [5.41, 5.74) is 7.19. The van der Waals surface area contributed by atoms with Crippen LogP contribution in [0.4, 0.5) is 0 Å². The predicted molar refractivity (Wildman–Crippen MR) is 102 cm³/mol. The first-order valence-corrected chi connectivity index (χ1v) is 9.76. The molecule has 1 aromatic heterocycles. The number of aromatic carboxylic acids is 1. The highest BCUT2D eigenvalue weighted by molar-refractivity contribution is 6.30. The number of rotatable bonds is 4. The van der Waals surface area contributed by atoms with E-state index in [-0.39, 0.29) is 29.0 Å². The van der Waals surface area contributed by atoms with Crippen molar-refractivity contribution in [2.75, 3.05) is 13.1 Å². The van der Waals surface area contributed by atoms with Crippen LogP contribution >= 0.6 is 11.6 Å². The number of carboxylic acid groups (broad SMARTS) is 1. The summed E-state index contributed by atoms with van der Waals surface area (Å²) in [7, 11) is 0. The van der Waals surface area contributed by atoms with Crippen molar-refractivity contribution >= 4 is 23.5 Å². The van der Waals surface area contributed by atoms with E-state index < -0.39 is 5.97 Å². The number of hydrogen-bond donors (Lipinski definition) is 2. The van der Waals surface area contributed by atoms with Crippen LogP contribution in [0.1, 0.15) is 52.5 Å². The standard InChI is InChI=1S/C19H22ClN5O3/c20-13-3-1-2-12(10-13)19(11-21)6-4-14(5-7-19)24-8-9-25-15(17(24)26)22-23-16(25)18(27)28/h1-3,10,14H,4-9,11,21H2,(H,27,28). The number of halogens is 1. The summed E-state index contributed by atoms with van der Waals surface area (Å²) in [6.45, 7) is 1.38. The van der Waals surface area contributed by atoms with Crippen molar-refractivity contribution in [1.29, 1.82) is 0 Å². The van der Waals surface area contributed by atoms with Crippen molar-refractivity contribution < 1.29 is 14.7 Å². The lowest BCUT2D eigenvalue weighted by molar-refractivity contribution is 0.0517. The summed E-state index contributed by atoms with van der Waals surface area (Å²) in [6.07, 6.45) is 3.39. The highest BCUT2D eigenvalue weighted by Crippen LogP contribution is 2.41. The van der Waals surface area contributed by atoms with Gasteiger partial charge in [0.05, 0.1) is 0 Å². The summed E-state index contributed by atoms with van der Waals surface area (Å²) in [5.74, 6) is -1.50. The number of carbonyl (C=O) groups is 2. The molecule has 2 aromatic rings. The van der Waals surface area contributed by atoms with Crippen LogP contribution in [0, 0.1) is 0 Å². The first-order valence-electron chi connectivity index (χ1n) is 9.39. The van der Waals surface area contributed by atoms with Gasteiger partial charge < -0.3 is 15.7 Å². The Bertz CT molecular complexity index is 920. The summed E-state index contributed by atoms with van der Waals surface area (Å²) in [6, 6.07) is 7.94. The molecule has 0 atom stereocenters. The average Bonchev–Trinajstić information content (AvgIpc) is 3.14. The lowest BCUT2D eigenvalue weighted by Gasteiger charge is -2.44. The molecule has 1 saturated carbocycles. The minimum absolute atomic E-state index is 0.0880. The smallest absolute Gasteiger partial charge is 0.374 e. The third-order valence-electron chi connectivity index (χ3n) is 6.14. The molecular weight excluding hydrogens is 382 g/mol. The van der Waals surface area contributed by atoms with E-state index in [0.717, 1.165) is 31.2 Å². The number of carbonyl (C=O) groups excluding carboxylic acids is 1. The van der Waals surface area contributed by atoms with Gasteiger partial charge in [0, 0.05) is 36.1 Å². The summed E-state index contributed by atoms with van der Waals surface area (Å²) < 4.78 is 1.39. The number of amides is 1. The van der Waals surface area contributed by atoms with E-state index in [1.54, 1.807) is 0 Å². The molecule has 0 spiro atoms. The van der Waals surface area contributed by atoms with Crippen molar-refractivity contribution in [3.63, 3.8) is 0 Å². The Balaban J connectivity index is 1.51. The molecule has 0 radical (unpaired) electrons. The van der Waals surface area contributed by atoms with Crippen LogP contribution in [0.25, 0.3) is 0 Å². The molecule has 1 aliphatic carbocycles. The third kappa shape index (κ3) is 3.06. The maximum Gasteiger partial charge on any atom is 0.374 e. The van der Waals surface area contributed by atoms with E-state index in [1.807, 2.05) is 23.1 Å². The number of benzene rings is 1. The third-order valence-corrected chi connectivity index (χ3v) is 6.37. The zero-order valence-corrected chi connectivity index (χ0v) is 16.1. The molecule has 8 nitrogen and oxygen atoms in total. The van der Waals surface area contributed by atoms with Crippen LogP contribution in [0.2, 0.25) is 5.02 Å². The molecule has 1 aliphatic heterocycles. The Hall–Kier alpha value is -2.45. The summed E-state index contributed by atoms with van der Waals surface area (Å²) >= 11 is 6.17. The van der Waals surface area contributed by atoms with E-state index in [4.69, 9.17) is 17.3 Å². The number of carboxylic acids is 1. The van der Waals surface area contributed by atoms with E-state index in [0.29, 0.717) is 24.7 Å². The topological polar surface area (TPSA) is 114 Å². The van der Waals surface area contributed by atoms with Gasteiger partial charge in [0.1, 0.15) is 0 Å². The fraction of sp³-hybridized carbons (Fsp3) is 0.474. The normalized spacial score (nSPS) is 24.9. The first-order chi connectivity index (χ1) is 13.4. The number of nitrogens with two attached hydrogens (primary N) is 1. The second kappa shape index (κ2) is 7.18. The van der Waals surface area contributed by atoms with Gasteiger partial charge in [-0.2, -0.15) is 0 Å². The molecular formula is C19H22ClN5O3. The van der Waals surface area contributed by atoms with Gasteiger partial charge in [0.2, 0.25) is 11.6 Å². The average molecular weight is 404 g/mol. The van der Waals surface area contributed by atoms with Crippen molar-refractivity contribution in [1.82, 2.24) is 19.7 Å². The fourth-order valence-corrected chi connectivity index (χ4v) is 4.70. The van der Waals surface area contributed by atoms with Crippen molar-refractivity contribution in [3.05, 3.63) is 46.5 Å². The molecule has 2 aliphatic rings. The lowest BCUT2D eigenvalue weighted by Crippen LogP contribution is -2.51. The minimum atomic E-state index is -1.17. The Kier molecular flexibility index (Phi) is 4.84. The van der Waals surface area contributed by atoms with Gasteiger partial charge in [-0.3, -0.25) is 9.36 Å². The second-order valence-electron chi connectivity index (χ2n) is 7.53. The quantitative estimate of drug-likeness (QED) is 0.806. The number of hydrogen-bond acceptors (Lipinski definition) is 5. The monoisotopic (exact) mass is 403 g/mol. The summed E-state index contributed by atoms with van der Waals surface area (Å²) in [5, 5.41) is 17.3. The molecule has 148 valence electrons.